The fraction of sp³-hybridized carbons (Fsp3) is 0.632. The number of sulfonamides is 1. The number of nitrogens with one attached hydrogen (secondary N) is 1. The van der Waals surface area contributed by atoms with Gasteiger partial charge in [-0.2, -0.15) is 0 Å². The average molecular weight is 349 g/mol. The summed E-state index contributed by atoms with van der Waals surface area (Å²) in [6.07, 6.45) is 2.18. The minimum Gasteiger partial charge on any atom is -0.299 e. The van der Waals surface area contributed by atoms with Crippen LogP contribution in [0.25, 0.3) is 0 Å². The summed E-state index contributed by atoms with van der Waals surface area (Å²) in [4.78, 5) is 12.5. The van der Waals surface area contributed by atoms with Gasteiger partial charge >= 0.3 is 0 Å². The standard InChI is InChI=1S/C19H27NO3S/c1-13(2)14-5-7-16(8-6-14)20-24(22,23)12-19-10-9-15(11-17(19)21)18(19,3)4/h5-8,13,15,20H,9-12H2,1-4H3/t15-,19-/m0/s1. The van der Waals surface area contributed by atoms with Gasteiger partial charge in [-0.05, 0) is 47.8 Å². The largest absolute Gasteiger partial charge is 0.299 e. The summed E-state index contributed by atoms with van der Waals surface area (Å²) in [5.74, 6) is 0.755. The maximum absolute atomic E-state index is 12.7. The van der Waals surface area contributed by atoms with E-state index in [4.69, 9.17) is 0 Å². The van der Waals surface area contributed by atoms with Gasteiger partial charge in [0.15, 0.2) is 0 Å². The number of ketones is 1. The van der Waals surface area contributed by atoms with Crippen LogP contribution in [-0.2, 0) is 14.8 Å². The summed E-state index contributed by atoms with van der Waals surface area (Å²) < 4.78 is 28.1. The first-order valence-electron chi connectivity index (χ1n) is 8.71. The molecule has 2 fully saturated rings. The van der Waals surface area contributed by atoms with E-state index in [2.05, 4.69) is 32.4 Å². The Morgan fingerprint density at radius 1 is 1.21 bits per heavy atom. The highest BCUT2D eigenvalue weighted by molar-refractivity contribution is 7.92. The molecule has 24 heavy (non-hydrogen) atoms. The van der Waals surface area contributed by atoms with Crippen LogP contribution in [0.5, 0.6) is 0 Å². The molecular formula is C19H27NO3S. The van der Waals surface area contributed by atoms with Crippen LogP contribution in [0.1, 0.15) is 58.4 Å². The van der Waals surface area contributed by atoms with Crippen LogP contribution >= 0.6 is 0 Å². The van der Waals surface area contributed by atoms with Gasteiger partial charge in [0.1, 0.15) is 5.78 Å². The Kier molecular flexibility index (Phi) is 4.06. The second-order valence-corrected chi connectivity index (χ2v) is 10.0. The molecule has 0 aromatic heterocycles. The number of carbonyl (C=O) groups is 1. The van der Waals surface area contributed by atoms with Gasteiger partial charge in [0.25, 0.3) is 0 Å². The maximum Gasteiger partial charge on any atom is 0.233 e. The molecule has 2 atom stereocenters. The average Bonchev–Trinajstić information content (AvgIpc) is 2.81. The Morgan fingerprint density at radius 3 is 2.29 bits per heavy atom. The van der Waals surface area contributed by atoms with Crippen molar-refractivity contribution >= 4 is 21.5 Å². The van der Waals surface area contributed by atoms with Crippen LogP contribution in [0.2, 0.25) is 0 Å². The second kappa shape index (κ2) is 5.58. The lowest BCUT2D eigenvalue weighted by Crippen LogP contribution is -2.43. The van der Waals surface area contributed by atoms with E-state index in [9.17, 15) is 13.2 Å². The first-order chi connectivity index (χ1) is 11.1. The van der Waals surface area contributed by atoms with Crippen molar-refractivity contribution in [1.82, 2.24) is 0 Å². The molecule has 0 amide bonds. The SMILES string of the molecule is CC(C)c1ccc(NS(=O)(=O)C[C@@]23CC[C@@H](CC2=O)C3(C)C)cc1. The lowest BCUT2D eigenvalue weighted by Gasteiger charge is -2.36. The molecule has 2 bridgehead atoms. The van der Waals surface area contributed by atoms with Crippen molar-refractivity contribution in [3.8, 4) is 0 Å². The highest BCUT2D eigenvalue weighted by atomic mass is 32.2. The number of benzene rings is 1. The molecule has 0 aliphatic heterocycles. The minimum absolute atomic E-state index is 0.103. The molecule has 0 spiro atoms. The van der Waals surface area contributed by atoms with Gasteiger partial charge < -0.3 is 0 Å². The molecule has 2 aliphatic carbocycles. The molecule has 2 aliphatic rings. The smallest absolute Gasteiger partial charge is 0.233 e. The van der Waals surface area contributed by atoms with E-state index in [1.54, 1.807) is 12.1 Å². The van der Waals surface area contributed by atoms with Crippen molar-refractivity contribution in [1.29, 1.82) is 0 Å². The Balaban J connectivity index is 1.80. The Hall–Kier alpha value is -1.36. The van der Waals surface area contributed by atoms with E-state index >= 15 is 0 Å². The highest BCUT2D eigenvalue weighted by Crippen LogP contribution is 2.64. The Labute approximate surface area is 145 Å². The predicted molar refractivity (Wildman–Crippen MR) is 96.5 cm³/mol. The lowest BCUT2D eigenvalue weighted by atomic mass is 9.70. The summed E-state index contributed by atoms with van der Waals surface area (Å²) in [5.41, 5.74) is 0.776. The third kappa shape index (κ3) is 2.67. The van der Waals surface area contributed by atoms with E-state index in [1.165, 1.54) is 5.56 Å². The van der Waals surface area contributed by atoms with Crippen LogP contribution in [0.4, 0.5) is 5.69 Å². The van der Waals surface area contributed by atoms with E-state index in [0.717, 1.165) is 6.42 Å². The summed E-state index contributed by atoms with van der Waals surface area (Å²) >= 11 is 0. The van der Waals surface area contributed by atoms with Crippen LogP contribution in [0.3, 0.4) is 0 Å². The maximum atomic E-state index is 12.7. The molecule has 5 heteroatoms. The first kappa shape index (κ1) is 17.5. The van der Waals surface area contributed by atoms with Crippen molar-refractivity contribution in [2.24, 2.45) is 16.7 Å². The van der Waals surface area contributed by atoms with E-state index < -0.39 is 15.4 Å². The fourth-order valence-corrected chi connectivity index (χ4v) is 6.48. The number of rotatable bonds is 5. The predicted octanol–water partition coefficient (Wildman–Crippen LogP) is 3.95. The van der Waals surface area contributed by atoms with Gasteiger partial charge in [-0.1, -0.05) is 39.8 Å². The van der Waals surface area contributed by atoms with Gasteiger partial charge in [0.05, 0.1) is 11.2 Å². The molecule has 1 N–H and O–H groups in total. The number of fused-ring (bicyclic) bond motifs is 2. The van der Waals surface area contributed by atoms with Crippen LogP contribution < -0.4 is 4.72 Å². The number of anilines is 1. The lowest BCUT2D eigenvalue weighted by molar-refractivity contribution is -0.128. The number of hydrogen-bond acceptors (Lipinski definition) is 3. The molecule has 0 unspecified atom stereocenters. The molecule has 4 nitrogen and oxygen atoms in total. The summed E-state index contributed by atoms with van der Waals surface area (Å²) in [7, 11) is -3.57. The topological polar surface area (TPSA) is 63.2 Å². The molecule has 0 saturated heterocycles. The molecule has 132 valence electrons. The Morgan fingerprint density at radius 2 is 1.83 bits per heavy atom. The van der Waals surface area contributed by atoms with Gasteiger partial charge in [0.2, 0.25) is 10.0 Å². The summed E-state index contributed by atoms with van der Waals surface area (Å²) in [6, 6.07) is 7.47. The van der Waals surface area contributed by atoms with Crippen LogP contribution in [0, 0.1) is 16.7 Å². The number of Topliss-reactive ketones (excluding diaryl/α,β-unsaturated/α-hetero) is 1. The molecule has 1 aromatic rings. The normalized spacial score (nSPS) is 28.5. The van der Waals surface area contributed by atoms with Crippen LogP contribution in [-0.4, -0.2) is 20.0 Å². The quantitative estimate of drug-likeness (QED) is 0.875. The van der Waals surface area contributed by atoms with Crippen molar-refractivity contribution in [3.05, 3.63) is 29.8 Å². The van der Waals surface area contributed by atoms with E-state index in [-0.39, 0.29) is 17.0 Å². The molecule has 3 rings (SSSR count). The highest BCUT2D eigenvalue weighted by Gasteiger charge is 2.65. The number of carbonyl (C=O) groups excluding carboxylic acids is 1. The molecule has 0 radical (unpaired) electrons. The van der Waals surface area contributed by atoms with Gasteiger partial charge in [-0.25, -0.2) is 8.42 Å². The third-order valence-corrected chi connectivity index (χ3v) is 7.85. The van der Waals surface area contributed by atoms with Crippen molar-refractivity contribution in [3.63, 3.8) is 0 Å². The van der Waals surface area contributed by atoms with Crippen molar-refractivity contribution in [2.75, 3.05) is 10.5 Å². The molecule has 0 heterocycles. The van der Waals surface area contributed by atoms with Crippen molar-refractivity contribution in [2.45, 2.75) is 52.9 Å². The molecular weight excluding hydrogens is 322 g/mol. The third-order valence-electron chi connectivity index (χ3n) is 6.43. The van der Waals surface area contributed by atoms with Crippen LogP contribution in [0.15, 0.2) is 24.3 Å². The molecule has 2 saturated carbocycles. The number of hydrogen-bond donors (Lipinski definition) is 1. The zero-order valence-electron chi connectivity index (χ0n) is 14.9. The zero-order valence-corrected chi connectivity index (χ0v) is 15.7. The molecule has 1 aromatic carbocycles. The van der Waals surface area contributed by atoms with E-state index in [1.807, 2.05) is 12.1 Å². The fourth-order valence-electron chi connectivity index (χ4n) is 4.58. The van der Waals surface area contributed by atoms with Gasteiger partial charge in [0, 0.05) is 12.1 Å². The Bertz CT molecular complexity index is 749. The zero-order chi connectivity index (χ0) is 17.8. The monoisotopic (exact) mass is 349 g/mol. The van der Waals surface area contributed by atoms with E-state index in [0.29, 0.717) is 30.4 Å². The summed E-state index contributed by atoms with van der Waals surface area (Å²) in [6.45, 7) is 8.32. The second-order valence-electron chi connectivity index (χ2n) is 8.30. The van der Waals surface area contributed by atoms with Gasteiger partial charge in [-0.3, -0.25) is 9.52 Å². The summed E-state index contributed by atoms with van der Waals surface area (Å²) in [5, 5.41) is 0. The van der Waals surface area contributed by atoms with Gasteiger partial charge in [-0.15, -0.1) is 0 Å². The minimum atomic E-state index is -3.57. The van der Waals surface area contributed by atoms with Crippen molar-refractivity contribution < 1.29 is 13.2 Å². The first-order valence-corrected chi connectivity index (χ1v) is 10.4.